The number of rotatable bonds is 31. The summed E-state index contributed by atoms with van der Waals surface area (Å²) in [6, 6.07) is 39.6. The molecule has 0 radical (unpaired) electrons. The lowest BCUT2D eigenvalue weighted by Crippen LogP contribution is -1.97. The minimum Gasteiger partial charge on any atom is -0.507 e. The lowest BCUT2D eigenvalue weighted by Gasteiger charge is -2.08. The molecule has 0 aliphatic rings. The van der Waals surface area contributed by atoms with Crippen LogP contribution in [0.15, 0.2) is 196 Å². The van der Waals surface area contributed by atoms with Gasteiger partial charge in [-0.3, -0.25) is 69.5 Å². The number of aliphatic carboxylic acids is 6. The number of halogens is 2. The first-order valence-electron chi connectivity index (χ1n) is 35.4. The Morgan fingerprint density at radius 2 is 0.895 bits per heavy atom. The molecule has 14 rings (SSSR count). The molecule has 0 bridgehead atoms. The predicted octanol–water partition coefficient (Wildman–Crippen LogP) is 13.7. The van der Waals surface area contributed by atoms with Crippen molar-refractivity contribution in [2.24, 2.45) is 0 Å². The fraction of sp³-hybridized carbons (Fsp3) is 0.156. The van der Waals surface area contributed by atoms with E-state index >= 15 is 0 Å². The number of methoxy groups -OCH3 is 2. The number of carboxylic acid groups (broad SMARTS) is 6. The summed E-state index contributed by atoms with van der Waals surface area (Å²) in [5, 5.41) is 115. The van der Waals surface area contributed by atoms with Gasteiger partial charge in [0.15, 0.2) is 34.9 Å². The third-order valence-electron chi connectivity index (χ3n) is 15.6. The Hall–Kier alpha value is -14.3. The summed E-state index contributed by atoms with van der Waals surface area (Å²) in [6.07, 6.45) is 5.28. The zero-order valence-corrected chi connectivity index (χ0v) is 70.4. The van der Waals surface area contributed by atoms with Crippen molar-refractivity contribution in [2.45, 2.75) is 58.6 Å². The number of thioether (sulfide) groups is 6. The van der Waals surface area contributed by atoms with E-state index in [-0.39, 0.29) is 62.7 Å². The van der Waals surface area contributed by atoms with Crippen LogP contribution in [-0.4, -0.2) is 226 Å². The Bertz CT molecular complexity index is 6070. The molecule has 14 aromatic rings. The molecule has 13 N–H and O–H groups in total. The summed E-state index contributed by atoms with van der Waals surface area (Å²) in [7, 11) is 2.98. The zero-order chi connectivity index (χ0) is 89.5. The predicted molar refractivity (Wildman–Crippen MR) is 455 cm³/mol. The van der Waals surface area contributed by atoms with Gasteiger partial charge in [0.1, 0.15) is 34.6 Å². The average molecular weight is 1810 g/mol. The molecule has 642 valence electrons. The van der Waals surface area contributed by atoms with Crippen molar-refractivity contribution in [1.82, 2.24) is 101 Å². The number of phenolic OH excluding ortho intramolecular Hbond substituents is 1. The molecule has 7 aromatic heterocycles. The smallest absolute Gasteiger partial charge is 0.313 e. The van der Waals surface area contributed by atoms with E-state index in [1.165, 1.54) is 44.6 Å². The average Bonchev–Trinajstić information content (AvgIpc) is 1.48. The molecule has 0 saturated carbocycles. The molecule has 0 amide bonds. The SMILES string of the molecule is C=C(C)c1cccc(-c2nc(SCC(=O)O)n[nH]2)c1.COc1cc(-c2nc(SCC(=O)O)n[nH]2)cc(F)c1C.COc1ccc(O)c(-c2nc(SCC(=O)O)n[nH]2)c1.Cc1ccc(-c2nc(SCC(=O)O)n[nH]2)cc1F.Cc1cccc(Oc2ccc(-c3nc(SCC(=O)O)n[nH]3)cc2[N+](=O)[O-])c1.O=C(O)CSc1n[nH]c(-c2cccc(-n3ccnc3)c2)n1. The number of aromatic hydroxyl groups is 1. The highest BCUT2D eigenvalue weighted by atomic mass is 32.2. The number of aromatic nitrogens is 20. The van der Waals surface area contributed by atoms with Crippen LogP contribution in [0.4, 0.5) is 14.5 Å². The number of aromatic amines is 6. The highest BCUT2D eigenvalue weighted by molar-refractivity contribution is 8.00. The molecule has 0 fully saturated rings. The lowest BCUT2D eigenvalue weighted by molar-refractivity contribution is -0.385. The van der Waals surface area contributed by atoms with Crippen LogP contribution in [0.2, 0.25) is 0 Å². The molecule has 124 heavy (non-hydrogen) atoms. The molecule has 0 spiro atoms. The Morgan fingerprint density at radius 1 is 0.468 bits per heavy atom. The van der Waals surface area contributed by atoms with Gasteiger partial charge in [0, 0.05) is 57.5 Å². The van der Waals surface area contributed by atoms with Gasteiger partial charge in [0.05, 0.1) is 65.6 Å². The van der Waals surface area contributed by atoms with E-state index in [1.807, 2.05) is 79.2 Å². The number of H-pyrrole nitrogens is 6. The Balaban J connectivity index is 0.000000170. The van der Waals surface area contributed by atoms with Crippen molar-refractivity contribution < 1.29 is 92.4 Å². The summed E-state index contributed by atoms with van der Waals surface area (Å²) in [5.41, 5.74) is 8.40. The number of carbonyl (C=O) groups is 6. The molecule has 47 heteroatoms. The maximum absolute atomic E-state index is 13.7. The molecule has 0 unspecified atom stereocenters. The largest absolute Gasteiger partial charge is 0.507 e. The van der Waals surface area contributed by atoms with Gasteiger partial charge in [0.2, 0.25) is 36.7 Å². The highest BCUT2D eigenvalue weighted by Crippen LogP contribution is 2.37. The van der Waals surface area contributed by atoms with Crippen LogP contribution < -0.4 is 14.2 Å². The van der Waals surface area contributed by atoms with Gasteiger partial charge < -0.3 is 54.5 Å². The summed E-state index contributed by atoms with van der Waals surface area (Å²) >= 11 is 6.09. The van der Waals surface area contributed by atoms with E-state index < -0.39 is 46.6 Å². The first-order chi connectivity index (χ1) is 59.4. The van der Waals surface area contributed by atoms with Gasteiger partial charge in [-0.05, 0) is 123 Å². The monoisotopic (exact) mass is 1810 g/mol. The summed E-state index contributed by atoms with van der Waals surface area (Å²) in [5.74, 6) is -2.72. The number of carboxylic acids is 6. The minimum absolute atomic E-state index is 0.0340. The second-order valence-corrected chi connectivity index (χ2v) is 30.4. The van der Waals surface area contributed by atoms with Crippen molar-refractivity contribution in [3.8, 4) is 103 Å². The van der Waals surface area contributed by atoms with Gasteiger partial charge in [-0.25, -0.2) is 43.7 Å². The van der Waals surface area contributed by atoms with Crippen molar-refractivity contribution in [3.05, 3.63) is 209 Å². The Kier molecular flexibility index (Phi) is 34.7. The van der Waals surface area contributed by atoms with Crippen LogP contribution in [0.1, 0.15) is 29.2 Å². The number of imidazole rings is 1. The molecule has 7 aromatic carbocycles. The standard InChI is InChI=1S/C17H14N4O5S.C13H11N5O2S.C13H13N3O2S.C12H12FN3O3S.C11H10FN3O2S.C11H11N3O4S/c1-10-3-2-4-12(7-10)26-14-6-5-11(8-13(14)21(24)25)16-18-17(20-19-16)27-9-15(22)23;19-11(20)7-21-13-15-12(16-17-13)9-2-1-3-10(6-9)18-5-4-14-8-18;1-8(2)9-4-3-5-10(6-9)12-14-13(16-15-12)19-7-11(17)18;1-6-8(13)3-7(4-9(6)19-2)11-14-12(16-15-11)20-5-10(17)18;1-6-2-3-7(4-8(6)12)10-13-11(15-14-10)18-5-9(16)17;1-18-6-2-3-8(15)7(4-6)10-12-11(14-13-10)19-5-9(16)17/h2-8H,9H2,1H3,(H,22,23)(H,18,19,20);1-6,8H,7H2,(H,19,20)(H,15,16,17);3-6H,1,7H2,2H3,(H,17,18)(H,14,15,16);3-4H,5H2,1-2H3,(H,17,18)(H,14,15,16);2-4H,5H2,1H3,(H,16,17)(H,13,14,15);2-4,15H,5H2,1H3,(H,16,17)(H,12,13,14). The maximum Gasteiger partial charge on any atom is 0.313 e. The third-order valence-corrected chi connectivity index (χ3v) is 20.6. The highest BCUT2D eigenvalue weighted by Gasteiger charge is 2.22. The maximum atomic E-state index is 13.7. The Morgan fingerprint density at radius 3 is 1.33 bits per heavy atom. The fourth-order valence-electron chi connectivity index (χ4n) is 9.82. The van der Waals surface area contributed by atoms with Gasteiger partial charge in [-0.15, -0.1) is 30.6 Å². The van der Waals surface area contributed by atoms with E-state index in [1.54, 1.807) is 81.0 Å². The topological polar surface area (TPSA) is 582 Å². The number of nitro groups is 1. The van der Waals surface area contributed by atoms with E-state index in [0.717, 1.165) is 104 Å². The number of allylic oxidation sites excluding steroid dienone is 1. The molecule has 0 aliphatic carbocycles. The first kappa shape index (κ1) is 93.6. The summed E-state index contributed by atoms with van der Waals surface area (Å²) in [6.45, 7) is 11.0. The molecule has 0 atom stereocenters. The minimum atomic E-state index is -0.986. The van der Waals surface area contributed by atoms with E-state index in [9.17, 15) is 52.8 Å². The number of hydrogen-bond donors (Lipinski definition) is 13. The van der Waals surface area contributed by atoms with E-state index in [0.29, 0.717) is 111 Å². The second kappa shape index (κ2) is 45.9. The molecule has 7 heterocycles. The van der Waals surface area contributed by atoms with Gasteiger partial charge >= 0.3 is 41.5 Å². The van der Waals surface area contributed by atoms with Crippen LogP contribution in [-0.2, 0) is 28.8 Å². The van der Waals surface area contributed by atoms with Crippen molar-refractivity contribution in [3.63, 3.8) is 0 Å². The van der Waals surface area contributed by atoms with Crippen LogP contribution in [0.25, 0.3) is 79.6 Å². The zero-order valence-electron chi connectivity index (χ0n) is 65.5. The lowest BCUT2D eigenvalue weighted by atomic mass is 10.1. The number of ether oxygens (including phenoxy) is 3. The van der Waals surface area contributed by atoms with Gasteiger partial charge in [-0.1, -0.05) is 137 Å². The molecular formula is C77H71F2N21O18S6. The number of hydrogen-bond acceptors (Lipinski definition) is 31. The van der Waals surface area contributed by atoms with E-state index in [4.69, 9.17) is 44.8 Å². The molecule has 0 saturated heterocycles. The molecule has 39 nitrogen and oxygen atoms in total. The number of nitrogens with one attached hydrogen (secondary N) is 6. The van der Waals surface area contributed by atoms with Gasteiger partial charge in [-0.2, -0.15) is 0 Å². The number of phenols is 1. The number of benzene rings is 7. The quantitative estimate of drug-likeness (QED) is 0.0109. The number of nitro benzene ring substituents is 1. The normalized spacial score (nSPS) is 10.5. The Labute approximate surface area is 725 Å². The second-order valence-electron chi connectivity index (χ2n) is 24.8. The third kappa shape index (κ3) is 29.0. The van der Waals surface area contributed by atoms with Crippen LogP contribution in [0, 0.1) is 42.5 Å². The van der Waals surface area contributed by atoms with Gasteiger partial charge in [0.25, 0.3) is 0 Å². The molecular weight excluding hydrogens is 1740 g/mol. The number of aryl methyl sites for hydroxylation is 2. The summed E-state index contributed by atoms with van der Waals surface area (Å²) < 4.78 is 44.8. The molecule has 0 aliphatic heterocycles. The van der Waals surface area contributed by atoms with E-state index in [2.05, 4.69) is 103 Å². The van der Waals surface area contributed by atoms with Crippen molar-refractivity contribution in [1.29, 1.82) is 0 Å². The van der Waals surface area contributed by atoms with Crippen molar-refractivity contribution >= 4 is 118 Å². The van der Waals surface area contributed by atoms with Crippen LogP contribution in [0.5, 0.6) is 28.7 Å². The van der Waals surface area contributed by atoms with Crippen molar-refractivity contribution in [2.75, 3.05) is 48.7 Å². The van der Waals surface area contributed by atoms with Crippen LogP contribution in [0.3, 0.4) is 0 Å². The number of nitrogens with zero attached hydrogens (tertiary/aromatic N) is 15. The van der Waals surface area contributed by atoms with Crippen LogP contribution >= 0.6 is 70.6 Å². The summed E-state index contributed by atoms with van der Waals surface area (Å²) in [4.78, 5) is 103. The fourth-order valence-corrected chi connectivity index (χ4v) is 12.9. The first-order valence-corrected chi connectivity index (χ1v) is 41.3.